The lowest BCUT2D eigenvalue weighted by Gasteiger charge is -2.09. The Morgan fingerprint density at radius 1 is 1.33 bits per heavy atom. The Bertz CT molecular complexity index is 628. The van der Waals surface area contributed by atoms with Crippen LogP contribution >= 0.6 is 0 Å². The van der Waals surface area contributed by atoms with Crippen molar-refractivity contribution in [2.24, 2.45) is 0 Å². The highest BCUT2D eigenvalue weighted by Gasteiger charge is 2.25. The van der Waals surface area contributed by atoms with Crippen molar-refractivity contribution in [3.63, 3.8) is 0 Å². The van der Waals surface area contributed by atoms with Gasteiger partial charge in [-0.2, -0.15) is 0 Å². The van der Waals surface area contributed by atoms with Crippen molar-refractivity contribution in [2.75, 3.05) is 11.9 Å². The molecule has 4 heteroatoms. The van der Waals surface area contributed by atoms with Crippen molar-refractivity contribution < 1.29 is 14.0 Å². The van der Waals surface area contributed by atoms with E-state index < -0.39 is 0 Å². The molecule has 0 N–H and O–H groups in total. The maximum absolute atomic E-state index is 12.1. The molecule has 1 amide bonds. The van der Waals surface area contributed by atoms with Gasteiger partial charge in [0.1, 0.15) is 0 Å². The Labute approximate surface area is 104 Å². The summed E-state index contributed by atoms with van der Waals surface area (Å²) in [7, 11) is 1.74. The second-order valence-electron chi connectivity index (χ2n) is 4.28. The molecule has 0 saturated heterocycles. The fourth-order valence-corrected chi connectivity index (χ4v) is 2.16. The highest BCUT2D eigenvalue weighted by molar-refractivity contribution is 6.09. The zero-order chi connectivity index (χ0) is 12.7. The number of carbonyl (C=O) groups excluding carboxylic acids is 2. The largest absolute Gasteiger partial charge is 0.461 e. The number of hydrogen-bond acceptors (Lipinski definition) is 3. The Morgan fingerprint density at radius 3 is 2.89 bits per heavy atom. The summed E-state index contributed by atoms with van der Waals surface area (Å²) in [5, 5.41) is 0. The van der Waals surface area contributed by atoms with Crippen molar-refractivity contribution in [1.29, 1.82) is 0 Å². The minimum atomic E-state index is -0.162. The molecule has 1 aliphatic heterocycles. The summed E-state index contributed by atoms with van der Waals surface area (Å²) in [5.41, 5.74) is 2.31. The van der Waals surface area contributed by atoms with Crippen molar-refractivity contribution in [3.8, 4) is 0 Å². The summed E-state index contributed by atoms with van der Waals surface area (Å²) in [6, 6.07) is 8.60. The van der Waals surface area contributed by atoms with E-state index >= 15 is 0 Å². The number of carbonyl (C=O) groups is 2. The van der Waals surface area contributed by atoms with Crippen LogP contribution in [0.15, 0.2) is 41.0 Å². The molecule has 0 spiro atoms. The third-order valence-corrected chi connectivity index (χ3v) is 3.16. The van der Waals surface area contributed by atoms with Crippen LogP contribution in [0, 0.1) is 0 Å². The van der Waals surface area contributed by atoms with E-state index in [0.717, 1.165) is 11.3 Å². The predicted octanol–water partition coefficient (Wildman–Crippen LogP) is 2.03. The smallest absolute Gasteiger partial charge is 0.231 e. The molecule has 0 aliphatic carbocycles. The fraction of sp³-hybridized carbons (Fsp3) is 0.143. The van der Waals surface area contributed by atoms with Gasteiger partial charge in [0.2, 0.25) is 11.7 Å². The number of anilines is 1. The summed E-state index contributed by atoms with van der Waals surface area (Å²) >= 11 is 0. The van der Waals surface area contributed by atoms with E-state index in [-0.39, 0.29) is 11.7 Å². The summed E-state index contributed by atoms with van der Waals surface area (Å²) in [6.45, 7) is 0. The molecule has 2 heterocycles. The molecular formula is C14H11NO3. The average Bonchev–Trinajstić information content (AvgIpc) is 2.98. The molecule has 1 aromatic heterocycles. The Kier molecular flexibility index (Phi) is 2.30. The van der Waals surface area contributed by atoms with Crippen LogP contribution in [-0.2, 0) is 11.2 Å². The van der Waals surface area contributed by atoms with Gasteiger partial charge in [-0.3, -0.25) is 9.59 Å². The normalized spacial score (nSPS) is 13.8. The fourth-order valence-electron chi connectivity index (χ4n) is 2.16. The van der Waals surface area contributed by atoms with Crippen molar-refractivity contribution in [3.05, 3.63) is 53.5 Å². The highest BCUT2D eigenvalue weighted by atomic mass is 16.3. The van der Waals surface area contributed by atoms with Gasteiger partial charge in [0.05, 0.1) is 12.7 Å². The molecule has 0 atom stereocenters. The quantitative estimate of drug-likeness (QED) is 0.756. The molecule has 1 aromatic carbocycles. The monoisotopic (exact) mass is 241 g/mol. The number of likely N-dealkylation sites (N-methyl/N-ethyl adjacent to an activating group) is 1. The van der Waals surface area contributed by atoms with Crippen LogP contribution in [0.25, 0.3) is 0 Å². The molecule has 3 rings (SSSR count). The summed E-state index contributed by atoms with van der Waals surface area (Å²) < 4.78 is 5.08. The van der Waals surface area contributed by atoms with Gasteiger partial charge < -0.3 is 9.32 Å². The van der Waals surface area contributed by atoms with E-state index in [4.69, 9.17) is 4.42 Å². The van der Waals surface area contributed by atoms with Crippen LogP contribution in [-0.4, -0.2) is 18.7 Å². The van der Waals surface area contributed by atoms with Gasteiger partial charge in [-0.1, -0.05) is 0 Å². The molecule has 18 heavy (non-hydrogen) atoms. The van der Waals surface area contributed by atoms with E-state index in [0.29, 0.717) is 17.7 Å². The molecule has 90 valence electrons. The van der Waals surface area contributed by atoms with Gasteiger partial charge in [0.25, 0.3) is 0 Å². The summed E-state index contributed by atoms with van der Waals surface area (Å²) in [4.78, 5) is 25.2. The van der Waals surface area contributed by atoms with Crippen LogP contribution in [0.5, 0.6) is 0 Å². The third kappa shape index (κ3) is 1.54. The van der Waals surface area contributed by atoms with E-state index in [2.05, 4.69) is 0 Å². The van der Waals surface area contributed by atoms with Crippen LogP contribution in [0.2, 0.25) is 0 Å². The lowest BCUT2D eigenvalue weighted by atomic mass is 10.0. The molecule has 0 saturated carbocycles. The maximum Gasteiger partial charge on any atom is 0.231 e. The maximum atomic E-state index is 12.1. The highest BCUT2D eigenvalue weighted by Crippen LogP contribution is 2.29. The number of hydrogen-bond donors (Lipinski definition) is 0. The van der Waals surface area contributed by atoms with E-state index in [1.807, 2.05) is 0 Å². The number of ketones is 1. The van der Waals surface area contributed by atoms with Crippen LogP contribution in [0.1, 0.15) is 21.7 Å². The molecule has 2 aromatic rings. The van der Waals surface area contributed by atoms with Crippen LogP contribution in [0.3, 0.4) is 0 Å². The Balaban J connectivity index is 2.00. The first-order valence-corrected chi connectivity index (χ1v) is 5.64. The van der Waals surface area contributed by atoms with Gasteiger partial charge >= 0.3 is 0 Å². The number of benzene rings is 1. The molecule has 0 radical (unpaired) electrons. The standard InChI is InChI=1S/C14H11NO3/c1-15-11-5-4-9(7-10(11)8-13(15)16)14(17)12-3-2-6-18-12/h2-7H,8H2,1H3. The average molecular weight is 241 g/mol. The van der Waals surface area contributed by atoms with Crippen LogP contribution < -0.4 is 4.90 Å². The molecule has 1 aliphatic rings. The molecular weight excluding hydrogens is 230 g/mol. The zero-order valence-corrected chi connectivity index (χ0v) is 9.84. The number of rotatable bonds is 2. The molecule has 4 nitrogen and oxygen atoms in total. The van der Waals surface area contributed by atoms with Crippen molar-refractivity contribution >= 4 is 17.4 Å². The first-order chi connectivity index (χ1) is 8.66. The lowest BCUT2D eigenvalue weighted by Crippen LogP contribution is -2.20. The molecule has 0 bridgehead atoms. The lowest BCUT2D eigenvalue weighted by molar-refractivity contribution is -0.117. The van der Waals surface area contributed by atoms with Crippen LogP contribution in [0.4, 0.5) is 5.69 Å². The van der Waals surface area contributed by atoms with Crippen molar-refractivity contribution in [1.82, 2.24) is 0 Å². The van der Waals surface area contributed by atoms with E-state index in [1.165, 1.54) is 6.26 Å². The van der Waals surface area contributed by atoms with Gasteiger partial charge in [-0.25, -0.2) is 0 Å². The first kappa shape index (κ1) is 10.8. The summed E-state index contributed by atoms with van der Waals surface area (Å²) in [6.07, 6.45) is 1.82. The van der Waals surface area contributed by atoms with E-state index in [1.54, 1.807) is 42.3 Å². The topological polar surface area (TPSA) is 50.5 Å². The van der Waals surface area contributed by atoms with Gasteiger partial charge in [-0.15, -0.1) is 0 Å². The second-order valence-corrected chi connectivity index (χ2v) is 4.28. The third-order valence-electron chi connectivity index (χ3n) is 3.16. The summed E-state index contributed by atoms with van der Waals surface area (Å²) in [5.74, 6) is 0.199. The predicted molar refractivity (Wildman–Crippen MR) is 65.7 cm³/mol. The SMILES string of the molecule is CN1C(=O)Cc2cc(C(=O)c3ccco3)ccc21. The molecule has 0 unspecified atom stereocenters. The van der Waals surface area contributed by atoms with Crippen molar-refractivity contribution in [2.45, 2.75) is 6.42 Å². The zero-order valence-electron chi connectivity index (χ0n) is 9.84. The number of fused-ring (bicyclic) bond motifs is 1. The Hall–Kier alpha value is -2.36. The van der Waals surface area contributed by atoms with Gasteiger partial charge in [0.15, 0.2) is 5.76 Å². The van der Waals surface area contributed by atoms with Gasteiger partial charge in [-0.05, 0) is 35.9 Å². The Morgan fingerprint density at radius 2 is 2.17 bits per heavy atom. The number of furan rings is 1. The second kappa shape index (κ2) is 3.84. The van der Waals surface area contributed by atoms with E-state index in [9.17, 15) is 9.59 Å². The number of amides is 1. The van der Waals surface area contributed by atoms with Gasteiger partial charge in [0, 0.05) is 18.3 Å². The minimum Gasteiger partial charge on any atom is -0.461 e. The first-order valence-electron chi connectivity index (χ1n) is 5.64. The number of nitrogens with zero attached hydrogens (tertiary/aromatic N) is 1. The molecule has 0 fully saturated rings. The minimum absolute atomic E-state index is 0.0487.